The minimum Gasteiger partial charge on any atom is -0.549 e. The van der Waals surface area contributed by atoms with Gasteiger partial charge in [0.05, 0.1) is 37.6 Å². The molecule has 2 aromatic carbocycles. The van der Waals surface area contributed by atoms with Crippen LogP contribution in [0.3, 0.4) is 0 Å². The van der Waals surface area contributed by atoms with Crippen molar-refractivity contribution >= 4 is 29.7 Å². The van der Waals surface area contributed by atoms with Gasteiger partial charge in [-0.25, -0.2) is 5.48 Å². The molecule has 16 nitrogen and oxygen atoms in total. The standard InChI is InChI=1S/C35H51N7O9.Gd/c1-51-38-35(50)30(12-11-27-5-3-2-4-6-27)36-21-28-7-9-29(10-8-28)22-37-31(43)23-39-13-15-40(24-32(44)45)17-19-42(26-34(48)49)20-18-41(16-14-39)25-33(46)47;/h2-10,30,36H,11-26H2,1H3,(H,37,43)(H,38,50)(H,44,45)(H,46,47)(H,48,49);/q;+3/p-3/t30-;/m0./s1. The van der Waals surface area contributed by atoms with Crippen LogP contribution < -0.4 is 31.4 Å². The Kier molecular flexibility index (Phi) is 21.6. The number of carbonyl (C=O) groups excluding carboxylic acids is 5. The van der Waals surface area contributed by atoms with E-state index >= 15 is 0 Å². The molecule has 0 unspecified atom stereocenters. The predicted molar refractivity (Wildman–Crippen MR) is 180 cm³/mol. The number of nitrogens with one attached hydrogen (secondary N) is 3. The maximum atomic E-state index is 13.0. The van der Waals surface area contributed by atoms with Gasteiger partial charge in [-0.15, -0.1) is 0 Å². The number of benzene rings is 2. The molecule has 2 aromatic rings. The largest absolute Gasteiger partial charge is 3.00 e. The number of hydrogen-bond acceptors (Lipinski definition) is 14. The van der Waals surface area contributed by atoms with Crippen molar-refractivity contribution < 1.29 is 84.1 Å². The van der Waals surface area contributed by atoms with Crippen LogP contribution in [0.5, 0.6) is 0 Å². The molecule has 0 saturated carbocycles. The quantitative estimate of drug-likeness (QED) is 0.121. The number of carboxylic acids is 3. The second kappa shape index (κ2) is 25.0. The van der Waals surface area contributed by atoms with Gasteiger partial charge in [-0.2, -0.15) is 0 Å². The van der Waals surface area contributed by atoms with E-state index in [1.54, 1.807) is 14.7 Å². The van der Waals surface area contributed by atoms with E-state index in [0.29, 0.717) is 32.5 Å². The van der Waals surface area contributed by atoms with Crippen molar-refractivity contribution in [3.05, 3.63) is 71.3 Å². The maximum Gasteiger partial charge on any atom is 3.00 e. The minimum absolute atomic E-state index is 0. The Labute approximate surface area is 336 Å². The molecule has 3 N–H and O–H groups in total. The van der Waals surface area contributed by atoms with E-state index in [9.17, 15) is 39.3 Å². The Morgan fingerprint density at radius 2 is 1.06 bits per heavy atom. The summed E-state index contributed by atoms with van der Waals surface area (Å²) in [7, 11) is 1.39. The zero-order valence-corrected chi connectivity index (χ0v) is 31.7. The van der Waals surface area contributed by atoms with Gasteiger partial charge in [-0.1, -0.05) is 54.6 Å². The first-order valence-corrected chi connectivity index (χ1v) is 16.9. The third-order valence-corrected chi connectivity index (χ3v) is 8.50. The molecule has 1 aliphatic rings. The van der Waals surface area contributed by atoms with Crippen molar-refractivity contribution in [2.75, 3.05) is 85.6 Å². The molecule has 1 aliphatic heterocycles. The molecular weight excluding hydrogens is 820 g/mol. The molecule has 1 atom stereocenters. The molecule has 52 heavy (non-hydrogen) atoms. The molecule has 285 valence electrons. The molecule has 3 rings (SSSR count). The van der Waals surface area contributed by atoms with Crippen molar-refractivity contribution in [3.63, 3.8) is 0 Å². The molecule has 2 amide bonds. The van der Waals surface area contributed by atoms with Crippen LogP contribution in [-0.4, -0.2) is 141 Å². The molecule has 0 bridgehead atoms. The van der Waals surface area contributed by atoms with Crippen LogP contribution >= 0.6 is 0 Å². The van der Waals surface area contributed by atoms with Crippen molar-refractivity contribution in [2.45, 2.75) is 32.0 Å². The van der Waals surface area contributed by atoms with Gasteiger partial charge in [-0.3, -0.25) is 34.0 Å². The van der Waals surface area contributed by atoms with Crippen LogP contribution in [-0.2, 0) is 48.3 Å². The van der Waals surface area contributed by atoms with Crippen LogP contribution in [0.4, 0.5) is 0 Å². The van der Waals surface area contributed by atoms with Gasteiger partial charge >= 0.3 is 39.9 Å². The number of amides is 2. The Morgan fingerprint density at radius 1 is 0.635 bits per heavy atom. The summed E-state index contributed by atoms with van der Waals surface area (Å²) in [6.07, 6.45) is 1.29. The first-order valence-electron chi connectivity index (χ1n) is 16.9. The van der Waals surface area contributed by atoms with E-state index in [1.165, 1.54) is 7.11 Å². The molecule has 0 aromatic heterocycles. The first-order chi connectivity index (χ1) is 24.5. The van der Waals surface area contributed by atoms with Gasteiger partial charge in [0, 0.05) is 85.1 Å². The van der Waals surface area contributed by atoms with Crippen LogP contribution in [0.15, 0.2) is 54.6 Å². The monoisotopic (exact) mass is 868 g/mol. The average Bonchev–Trinajstić information content (AvgIpc) is 3.09. The number of aryl methyl sites for hydroxylation is 1. The van der Waals surface area contributed by atoms with Gasteiger partial charge in [0.1, 0.15) is 0 Å². The maximum absolute atomic E-state index is 13.0. The van der Waals surface area contributed by atoms with Crippen LogP contribution in [0.1, 0.15) is 23.1 Å². The fourth-order valence-corrected chi connectivity index (χ4v) is 5.69. The van der Waals surface area contributed by atoms with Gasteiger partial charge in [0.2, 0.25) is 5.91 Å². The van der Waals surface area contributed by atoms with Gasteiger partial charge < -0.3 is 40.3 Å². The van der Waals surface area contributed by atoms with E-state index in [2.05, 4.69) is 16.1 Å². The third-order valence-electron chi connectivity index (χ3n) is 8.50. The topological polar surface area (TPSA) is 213 Å². The number of hydroxylamine groups is 1. The number of aliphatic carboxylic acids is 3. The first kappa shape index (κ1) is 45.0. The fraction of sp³-hybridized carbons (Fsp3) is 0.514. The Hall–Kier alpha value is -3.13. The smallest absolute Gasteiger partial charge is 0.549 e. The molecule has 1 saturated heterocycles. The molecule has 0 aliphatic carbocycles. The van der Waals surface area contributed by atoms with Crippen molar-refractivity contribution in [1.29, 1.82) is 0 Å². The molecule has 17 heteroatoms. The van der Waals surface area contributed by atoms with E-state index in [4.69, 9.17) is 4.84 Å². The molecule has 1 heterocycles. The number of carboxylic acid groups (broad SMARTS) is 3. The predicted octanol–water partition coefficient (Wildman–Crippen LogP) is -4.46. The van der Waals surface area contributed by atoms with Gasteiger partial charge in [0.15, 0.2) is 0 Å². The van der Waals surface area contributed by atoms with Crippen molar-refractivity contribution in [1.82, 2.24) is 35.7 Å². The zero-order valence-electron chi connectivity index (χ0n) is 29.4. The summed E-state index contributed by atoms with van der Waals surface area (Å²) >= 11 is 0. The summed E-state index contributed by atoms with van der Waals surface area (Å²) in [6, 6.07) is 17.0. The van der Waals surface area contributed by atoms with E-state index in [0.717, 1.165) is 16.7 Å². The van der Waals surface area contributed by atoms with E-state index < -0.39 is 23.9 Å². The summed E-state index contributed by atoms with van der Waals surface area (Å²) in [6.45, 7) is 1.59. The molecular formula is C35H48GdN7O9. The summed E-state index contributed by atoms with van der Waals surface area (Å²) in [4.78, 5) is 71.1. The average molecular weight is 868 g/mol. The second-order valence-electron chi connectivity index (χ2n) is 12.4. The van der Waals surface area contributed by atoms with Crippen molar-refractivity contribution in [3.8, 4) is 0 Å². The Balaban J connectivity index is 0.00000936. The fourth-order valence-electron chi connectivity index (χ4n) is 5.69. The molecule has 0 spiro atoms. The summed E-state index contributed by atoms with van der Waals surface area (Å²) in [5, 5.41) is 40.3. The van der Waals surface area contributed by atoms with E-state index in [-0.39, 0.29) is 124 Å². The van der Waals surface area contributed by atoms with Crippen LogP contribution in [0.25, 0.3) is 0 Å². The number of carbonyl (C=O) groups is 5. The summed E-state index contributed by atoms with van der Waals surface area (Å²) < 4.78 is 0. The minimum atomic E-state index is -1.29. The third kappa shape index (κ3) is 18.6. The van der Waals surface area contributed by atoms with Gasteiger partial charge in [0.25, 0.3) is 5.91 Å². The second-order valence-corrected chi connectivity index (χ2v) is 12.4. The summed E-state index contributed by atoms with van der Waals surface area (Å²) in [5.74, 6) is -4.38. The van der Waals surface area contributed by atoms with E-state index in [1.807, 2.05) is 59.5 Å². The summed E-state index contributed by atoms with van der Waals surface area (Å²) in [5.41, 5.74) is 5.34. The molecule has 1 fully saturated rings. The van der Waals surface area contributed by atoms with Crippen LogP contribution in [0.2, 0.25) is 0 Å². The molecule has 1 radical (unpaired) electrons. The zero-order chi connectivity index (χ0) is 37.0. The Bertz CT molecular complexity index is 1370. The van der Waals surface area contributed by atoms with Gasteiger partial charge in [-0.05, 0) is 29.5 Å². The van der Waals surface area contributed by atoms with Crippen LogP contribution in [0, 0.1) is 39.9 Å². The SMILES string of the molecule is CONC(=O)[C@H](CCc1ccccc1)NCc1ccc(CNC(=O)CN2CCN(CC(=O)[O-])CCN(CC(=O)[O-])CCN(CC(=O)[O-])CC2)cc1.[Gd+3]. The normalized spacial score (nSPS) is 16.0. The van der Waals surface area contributed by atoms with Crippen molar-refractivity contribution in [2.24, 2.45) is 0 Å². The Morgan fingerprint density at radius 3 is 1.48 bits per heavy atom. The number of hydrogen-bond donors (Lipinski definition) is 3. The number of rotatable bonds is 18. The number of nitrogens with zero attached hydrogens (tertiary/aromatic N) is 4.